The van der Waals surface area contributed by atoms with Crippen LogP contribution in [0.3, 0.4) is 0 Å². The molecule has 6 nitrogen and oxygen atoms in total. The maximum atomic E-state index is 12.0. The largest absolute Gasteiger partial charge is 0.494 e. The lowest BCUT2D eigenvalue weighted by molar-refractivity contribution is -0.116. The maximum Gasteiger partial charge on any atom is 0.350 e. The van der Waals surface area contributed by atoms with Gasteiger partial charge >= 0.3 is 5.97 Å². The van der Waals surface area contributed by atoms with Gasteiger partial charge in [-0.3, -0.25) is 4.79 Å². The van der Waals surface area contributed by atoms with Gasteiger partial charge < -0.3 is 14.8 Å². The van der Waals surface area contributed by atoms with Crippen molar-refractivity contribution in [3.8, 4) is 5.75 Å². The van der Waals surface area contributed by atoms with Crippen molar-refractivity contribution in [3.05, 3.63) is 40.4 Å². The molecule has 0 bridgehead atoms. The van der Waals surface area contributed by atoms with E-state index in [1.807, 2.05) is 31.2 Å². The summed E-state index contributed by atoms with van der Waals surface area (Å²) in [5, 5.41) is 3.12. The van der Waals surface area contributed by atoms with E-state index in [1.54, 1.807) is 13.8 Å². The van der Waals surface area contributed by atoms with E-state index in [1.165, 1.54) is 0 Å². The van der Waals surface area contributed by atoms with Crippen LogP contribution in [0.1, 0.15) is 40.7 Å². The van der Waals surface area contributed by atoms with E-state index in [0.717, 1.165) is 22.6 Å². The second-order valence-corrected chi connectivity index (χ2v) is 6.47. The second-order valence-electron chi connectivity index (χ2n) is 5.47. The zero-order valence-corrected chi connectivity index (χ0v) is 15.4. The van der Waals surface area contributed by atoms with E-state index in [-0.39, 0.29) is 5.91 Å². The molecule has 1 amide bonds. The van der Waals surface area contributed by atoms with E-state index in [9.17, 15) is 9.59 Å². The van der Waals surface area contributed by atoms with Crippen molar-refractivity contribution >= 4 is 28.3 Å². The number of rotatable bonds is 8. The van der Waals surface area contributed by atoms with Crippen molar-refractivity contribution in [2.24, 2.45) is 0 Å². The number of carbonyl (C=O) groups is 2. The molecule has 7 heteroatoms. The Balaban J connectivity index is 1.77. The lowest BCUT2D eigenvalue weighted by Gasteiger charge is -2.06. The molecule has 1 N–H and O–H groups in total. The number of aromatic nitrogens is 1. The minimum Gasteiger partial charge on any atom is -0.494 e. The molecule has 134 valence electrons. The molecule has 1 aromatic heterocycles. The normalized spacial score (nSPS) is 10.4. The average molecular weight is 362 g/mol. The summed E-state index contributed by atoms with van der Waals surface area (Å²) in [7, 11) is 0. The minimum absolute atomic E-state index is 0.156. The lowest BCUT2D eigenvalue weighted by Crippen LogP contribution is -2.12. The average Bonchev–Trinajstić information content (AvgIpc) is 2.92. The van der Waals surface area contributed by atoms with Gasteiger partial charge in [0.05, 0.1) is 18.9 Å². The highest BCUT2D eigenvalue weighted by Gasteiger charge is 2.17. The number of amides is 1. The number of esters is 1. The molecule has 2 rings (SSSR count). The second kappa shape index (κ2) is 9.17. The number of aryl methyl sites for hydroxylation is 2. The summed E-state index contributed by atoms with van der Waals surface area (Å²) in [5.41, 5.74) is 1.69. The van der Waals surface area contributed by atoms with Crippen LogP contribution in [0.15, 0.2) is 24.3 Å². The summed E-state index contributed by atoms with van der Waals surface area (Å²) in [4.78, 5) is 28.3. The number of nitrogens with zero attached hydrogens (tertiary/aromatic N) is 1. The maximum absolute atomic E-state index is 12.0. The van der Waals surface area contributed by atoms with Crippen LogP contribution in [0, 0.1) is 13.8 Å². The minimum atomic E-state index is -0.412. The monoisotopic (exact) mass is 362 g/mol. The molecule has 1 heterocycles. The first-order valence-electron chi connectivity index (χ1n) is 8.13. The summed E-state index contributed by atoms with van der Waals surface area (Å²) >= 11 is 1.12. The molecular formula is C18H22N2O4S. The highest BCUT2D eigenvalue weighted by atomic mass is 32.1. The SMILES string of the molecule is CCOC(=O)c1sc(NC(=O)CCCOc2cccc(C)c2)nc1C. The zero-order chi connectivity index (χ0) is 18.2. The Morgan fingerprint density at radius 3 is 2.80 bits per heavy atom. The van der Waals surface area contributed by atoms with Crippen LogP contribution in [-0.2, 0) is 9.53 Å². The van der Waals surface area contributed by atoms with Gasteiger partial charge in [0.25, 0.3) is 0 Å². The zero-order valence-electron chi connectivity index (χ0n) is 14.6. The Kier molecular flexibility index (Phi) is 6.94. The number of hydrogen-bond donors (Lipinski definition) is 1. The molecule has 0 unspecified atom stereocenters. The van der Waals surface area contributed by atoms with Gasteiger partial charge in [-0.05, 0) is 44.9 Å². The van der Waals surface area contributed by atoms with E-state index in [0.29, 0.717) is 41.8 Å². The molecule has 0 spiro atoms. The van der Waals surface area contributed by atoms with Crippen molar-refractivity contribution in [1.82, 2.24) is 4.98 Å². The summed E-state index contributed by atoms with van der Waals surface area (Å²) in [6, 6.07) is 7.78. The molecule has 0 fully saturated rings. The molecule has 0 saturated carbocycles. The van der Waals surface area contributed by atoms with E-state index < -0.39 is 5.97 Å². The van der Waals surface area contributed by atoms with Crippen molar-refractivity contribution in [2.45, 2.75) is 33.6 Å². The summed E-state index contributed by atoms with van der Waals surface area (Å²) in [5.74, 6) is 0.233. The van der Waals surface area contributed by atoms with Crippen LogP contribution in [-0.4, -0.2) is 30.1 Å². The Morgan fingerprint density at radius 2 is 2.08 bits per heavy atom. The van der Waals surface area contributed by atoms with Crippen molar-refractivity contribution < 1.29 is 19.1 Å². The number of ether oxygens (including phenoxy) is 2. The molecule has 1 aromatic carbocycles. The standard InChI is InChI=1S/C18H22N2O4S/c1-4-23-17(22)16-13(3)19-18(25-16)20-15(21)9-6-10-24-14-8-5-7-12(2)11-14/h5,7-8,11H,4,6,9-10H2,1-3H3,(H,19,20,21). The molecule has 0 aliphatic carbocycles. The van der Waals surface area contributed by atoms with Gasteiger partial charge in [0.15, 0.2) is 5.13 Å². The van der Waals surface area contributed by atoms with Gasteiger partial charge in [0.1, 0.15) is 10.6 Å². The van der Waals surface area contributed by atoms with Crippen molar-refractivity contribution in [2.75, 3.05) is 18.5 Å². The Morgan fingerprint density at radius 1 is 1.28 bits per heavy atom. The molecule has 0 saturated heterocycles. The third kappa shape index (κ3) is 5.86. The number of nitrogens with one attached hydrogen (secondary N) is 1. The van der Waals surface area contributed by atoms with E-state index in [4.69, 9.17) is 9.47 Å². The first kappa shape index (κ1) is 18.9. The van der Waals surface area contributed by atoms with Gasteiger partial charge in [-0.25, -0.2) is 9.78 Å². The topological polar surface area (TPSA) is 77.5 Å². The first-order chi connectivity index (χ1) is 12.0. The summed E-state index contributed by atoms with van der Waals surface area (Å²) < 4.78 is 10.6. The highest BCUT2D eigenvalue weighted by Crippen LogP contribution is 2.23. The van der Waals surface area contributed by atoms with Crippen LogP contribution in [0.2, 0.25) is 0 Å². The number of thiazole rings is 1. The molecular weight excluding hydrogens is 340 g/mol. The van der Waals surface area contributed by atoms with Gasteiger partial charge in [0, 0.05) is 6.42 Å². The van der Waals surface area contributed by atoms with Crippen LogP contribution in [0.4, 0.5) is 5.13 Å². The van der Waals surface area contributed by atoms with Gasteiger partial charge in [-0.1, -0.05) is 23.5 Å². The third-order valence-electron chi connectivity index (χ3n) is 3.31. The number of anilines is 1. The van der Waals surface area contributed by atoms with Crippen LogP contribution in [0.5, 0.6) is 5.75 Å². The fourth-order valence-corrected chi connectivity index (χ4v) is 3.02. The fraction of sp³-hybridized carbons (Fsp3) is 0.389. The smallest absolute Gasteiger partial charge is 0.350 e. The summed E-state index contributed by atoms with van der Waals surface area (Å²) in [6.45, 7) is 6.23. The van der Waals surface area contributed by atoms with Gasteiger partial charge in [-0.15, -0.1) is 0 Å². The third-order valence-corrected chi connectivity index (χ3v) is 4.36. The Hall–Kier alpha value is -2.41. The molecule has 0 radical (unpaired) electrons. The van der Waals surface area contributed by atoms with E-state index >= 15 is 0 Å². The van der Waals surface area contributed by atoms with Crippen LogP contribution < -0.4 is 10.1 Å². The quantitative estimate of drug-likeness (QED) is 0.572. The number of hydrogen-bond acceptors (Lipinski definition) is 6. The molecule has 0 aliphatic heterocycles. The predicted molar refractivity (Wildman–Crippen MR) is 97.3 cm³/mol. The molecule has 2 aromatic rings. The molecule has 0 atom stereocenters. The number of benzene rings is 1. The predicted octanol–water partition coefficient (Wildman–Crippen LogP) is 3.73. The van der Waals surface area contributed by atoms with Gasteiger partial charge in [0.2, 0.25) is 5.91 Å². The van der Waals surface area contributed by atoms with Crippen molar-refractivity contribution in [3.63, 3.8) is 0 Å². The number of carbonyl (C=O) groups excluding carboxylic acids is 2. The Bertz CT molecular complexity index is 742. The first-order valence-corrected chi connectivity index (χ1v) is 8.95. The Labute approximate surface area is 151 Å². The van der Waals surface area contributed by atoms with Crippen LogP contribution >= 0.6 is 11.3 Å². The van der Waals surface area contributed by atoms with Crippen LogP contribution in [0.25, 0.3) is 0 Å². The highest BCUT2D eigenvalue weighted by molar-refractivity contribution is 7.17. The summed E-state index contributed by atoms with van der Waals surface area (Å²) in [6.07, 6.45) is 0.911. The van der Waals surface area contributed by atoms with Crippen molar-refractivity contribution in [1.29, 1.82) is 0 Å². The fourth-order valence-electron chi connectivity index (χ4n) is 2.15. The van der Waals surface area contributed by atoms with E-state index in [2.05, 4.69) is 10.3 Å². The van der Waals surface area contributed by atoms with Gasteiger partial charge in [-0.2, -0.15) is 0 Å². The molecule has 25 heavy (non-hydrogen) atoms. The lowest BCUT2D eigenvalue weighted by atomic mass is 10.2. The molecule has 0 aliphatic rings.